The molecule has 0 atom stereocenters. The van der Waals surface area contributed by atoms with Crippen LogP contribution in [0.5, 0.6) is 0 Å². The molecule has 0 bridgehead atoms. The van der Waals surface area contributed by atoms with E-state index in [1.54, 1.807) is 0 Å². The van der Waals surface area contributed by atoms with Crippen molar-refractivity contribution < 1.29 is 4.39 Å². The lowest BCUT2D eigenvalue weighted by Gasteiger charge is -2.05. The highest BCUT2D eigenvalue weighted by Crippen LogP contribution is 2.18. The fourth-order valence-corrected chi connectivity index (χ4v) is 2.20. The molecule has 2 aromatic rings. The molecule has 6 heteroatoms. The number of nitrogens with one attached hydrogen (secondary N) is 1. The zero-order chi connectivity index (χ0) is 13.6. The molecule has 0 heterocycles. The van der Waals surface area contributed by atoms with E-state index in [4.69, 9.17) is 5.41 Å². The van der Waals surface area contributed by atoms with E-state index in [0.717, 1.165) is 0 Å². The van der Waals surface area contributed by atoms with E-state index in [2.05, 4.69) is 17.2 Å². The second-order valence-electron chi connectivity index (χ2n) is 4.03. The summed E-state index contributed by atoms with van der Waals surface area (Å²) < 4.78 is 17.0. The Balaban J connectivity index is 3.42. The predicted molar refractivity (Wildman–Crippen MR) is 68.7 cm³/mol. The van der Waals surface area contributed by atoms with Crippen LogP contribution in [0.25, 0.3) is 10.8 Å². The van der Waals surface area contributed by atoms with Gasteiger partial charge in [-0.25, -0.2) is 8.79 Å². The minimum absolute atomic E-state index is 0.0387. The van der Waals surface area contributed by atoms with Gasteiger partial charge in [-0.1, -0.05) is 0 Å². The van der Waals surface area contributed by atoms with Crippen molar-refractivity contribution in [1.29, 1.82) is 5.41 Å². The molecule has 4 nitrogen and oxygen atoms in total. The number of hydrogen-bond donors (Lipinski definition) is 2. The van der Waals surface area contributed by atoms with Gasteiger partial charge in [-0.15, -0.1) is 0 Å². The van der Waals surface area contributed by atoms with Gasteiger partial charge in [-0.2, -0.15) is 0 Å². The number of thiol groups is 1. The van der Waals surface area contributed by atoms with Crippen molar-refractivity contribution in [3.05, 3.63) is 54.2 Å². The minimum atomic E-state index is -0.697. The first-order valence-corrected chi connectivity index (χ1v) is 5.50. The summed E-state index contributed by atoms with van der Waals surface area (Å²) in [4.78, 5) is 24.1. The van der Waals surface area contributed by atoms with Gasteiger partial charge in [0, 0.05) is 10.8 Å². The van der Waals surface area contributed by atoms with E-state index < -0.39 is 22.0 Å². The number of aryl methyl sites for hydroxylation is 2. The molecule has 0 spiro atoms. The SMILES string of the molecule is Cc1c(F)cc(C)c2c(=O)/c(=N/S)c(=N)c(=O)c12. The van der Waals surface area contributed by atoms with Crippen molar-refractivity contribution in [2.45, 2.75) is 13.8 Å². The molecule has 0 aliphatic heterocycles. The lowest BCUT2D eigenvalue weighted by Crippen LogP contribution is -2.47. The maximum Gasteiger partial charge on any atom is 0.215 e. The summed E-state index contributed by atoms with van der Waals surface area (Å²) >= 11 is 3.59. The second-order valence-corrected chi connectivity index (χ2v) is 4.23. The van der Waals surface area contributed by atoms with Crippen LogP contribution >= 0.6 is 12.8 Å². The lowest BCUT2D eigenvalue weighted by atomic mass is 9.99. The Morgan fingerprint density at radius 3 is 2.39 bits per heavy atom. The first kappa shape index (κ1) is 12.6. The normalized spacial score (nSPS) is 12.3. The van der Waals surface area contributed by atoms with Gasteiger partial charge < -0.3 is 0 Å². The van der Waals surface area contributed by atoms with E-state index in [1.807, 2.05) is 0 Å². The van der Waals surface area contributed by atoms with E-state index in [9.17, 15) is 14.0 Å². The first-order valence-electron chi connectivity index (χ1n) is 5.10. The molecule has 2 aromatic carbocycles. The zero-order valence-corrected chi connectivity index (χ0v) is 10.6. The standard InChI is InChI=1S/C12H9FN2O2S/c1-4-3-6(13)5(2)8-7(4)12(17)10(15-18)9(14)11(8)16/h3,14,18H,1-2H3/b14-9?,15-10+. The molecule has 18 heavy (non-hydrogen) atoms. The number of halogens is 1. The zero-order valence-electron chi connectivity index (χ0n) is 9.67. The number of benzene rings is 2. The van der Waals surface area contributed by atoms with Crippen LogP contribution in [0.1, 0.15) is 11.1 Å². The van der Waals surface area contributed by atoms with Crippen LogP contribution in [0.4, 0.5) is 4.39 Å². The van der Waals surface area contributed by atoms with Crippen molar-refractivity contribution in [2.75, 3.05) is 0 Å². The molecule has 0 unspecified atom stereocenters. The maximum absolute atomic E-state index is 13.6. The minimum Gasteiger partial charge on any atom is -0.295 e. The molecule has 0 fully saturated rings. The van der Waals surface area contributed by atoms with Crippen LogP contribution in [-0.2, 0) is 0 Å². The quantitative estimate of drug-likeness (QED) is 0.677. The average molecular weight is 264 g/mol. The number of nitrogens with zero attached hydrogens (tertiary/aromatic N) is 1. The molecule has 0 radical (unpaired) electrons. The Morgan fingerprint density at radius 1 is 1.22 bits per heavy atom. The molecule has 1 N–H and O–H groups in total. The number of fused-ring (bicyclic) bond motifs is 1. The van der Waals surface area contributed by atoms with Crippen molar-refractivity contribution in [3.63, 3.8) is 0 Å². The highest BCUT2D eigenvalue weighted by molar-refractivity contribution is 7.78. The number of hydrogen-bond acceptors (Lipinski definition) is 5. The van der Waals surface area contributed by atoms with E-state index >= 15 is 0 Å². The van der Waals surface area contributed by atoms with Crippen LogP contribution in [0.15, 0.2) is 20.1 Å². The molecule has 0 saturated carbocycles. The molecule has 0 aromatic heterocycles. The van der Waals surface area contributed by atoms with Gasteiger partial charge in [0.05, 0.1) is 0 Å². The van der Waals surface area contributed by atoms with E-state index in [-0.39, 0.29) is 21.7 Å². The first-order chi connectivity index (χ1) is 8.40. The highest BCUT2D eigenvalue weighted by atomic mass is 32.1. The molecule has 0 amide bonds. The van der Waals surface area contributed by atoms with Gasteiger partial charge in [0.1, 0.15) is 16.5 Å². The fraction of sp³-hybridized carbons (Fsp3) is 0.167. The Labute approximate surface area is 106 Å². The molecular formula is C12H9FN2O2S. The largest absolute Gasteiger partial charge is 0.295 e. The van der Waals surface area contributed by atoms with Crippen LogP contribution in [0.3, 0.4) is 0 Å². The summed E-state index contributed by atoms with van der Waals surface area (Å²) in [7, 11) is 0. The Bertz CT molecular complexity index is 880. The number of rotatable bonds is 0. The summed E-state index contributed by atoms with van der Waals surface area (Å²) in [5.74, 6) is -0.563. The summed E-state index contributed by atoms with van der Waals surface area (Å²) in [6.45, 7) is 2.95. The van der Waals surface area contributed by atoms with Crippen LogP contribution < -0.4 is 21.6 Å². The smallest absolute Gasteiger partial charge is 0.215 e. The fourth-order valence-electron chi connectivity index (χ4n) is 2.01. The summed E-state index contributed by atoms with van der Waals surface area (Å²) in [6, 6.07) is 1.20. The van der Waals surface area contributed by atoms with Gasteiger partial charge in [0.2, 0.25) is 10.9 Å². The van der Waals surface area contributed by atoms with Crippen molar-refractivity contribution >= 4 is 23.6 Å². The molecule has 2 rings (SSSR count). The monoisotopic (exact) mass is 264 g/mol. The topological polar surface area (TPSA) is 70.3 Å². The van der Waals surface area contributed by atoms with Gasteiger partial charge in [-0.3, -0.25) is 15.0 Å². The molecule has 0 saturated heterocycles. The molecule has 92 valence electrons. The summed E-state index contributed by atoms with van der Waals surface area (Å²) in [5.41, 5.74) is -0.826. The van der Waals surface area contributed by atoms with Gasteiger partial charge in [0.25, 0.3) is 0 Å². The van der Waals surface area contributed by atoms with Crippen molar-refractivity contribution in [3.8, 4) is 0 Å². The maximum atomic E-state index is 13.6. The third-order valence-corrected chi connectivity index (χ3v) is 3.15. The van der Waals surface area contributed by atoms with Crippen molar-refractivity contribution in [2.24, 2.45) is 4.40 Å². The van der Waals surface area contributed by atoms with Crippen molar-refractivity contribution in [1.82, 2.24) is 0 Å². The lowest BCUT2D eigenvalue weighted by molar-refractivity contribution is 0.620. The third kappa shape index (κ3) is 1.53. The van der Waals surface area contributed by atoms with Gasteiger partial charge in [-0.05, 0) is 43.9 Å². The Morgan fingerprint density at radius 2 is 1.83 bits per heavy atom. The second kappa shape index (κ2) is 4.13. The van der Waals surface area contributed by atoms with Crippen LogP contribution in [-0.4, -0.2) is 0 Å². The Hall–Kier alpha value is -1.82. The van der Waals surface area contributed by atoms with Gasteiger partial charge in [0.15, 0.2) is 0 Å². The van der Waals surface area contributed by atoms with Gasteiger partial charge >= 0.3 is 0 Å². The van der Waals surface area contributed by atoms with Crippen LogP contribution in [0, 0.1) is 25.1 Å². The Kier molecular flexibility index (Phi) is 2.90. The summed E-state index contributed by atoms with van der Waals surface area (Å²) in [5, 5.41) is 6.81. The van der Waals surface area contributed by atoms with E-state index in [0.29, 0.717) is 5.56 Å². The van der Waals surface area contributed by atoms with Crippen LogP contribution in [0.2, 0.25) is 0 Å². The molecular weight excluding hydrogens is 255 g/mol. The summed E-state index contributed by atoms with van der Waals surface area (Å²) in [6.07, 6.45) is 0. The highest BCUT2D eigenvalue weighted by Gasteiger charge is 2.15. The average Bonchev–Trinajstić information content (AvgIpc) is 2.31. The molecule has 0 aliphatic carbocycles. The van der Waals surface area contributed by atoms with E-state index in [1.165, 1.54) is 19.9 Å². The molecule has 0 aliphatic rings. The third-order valence-electron chi connectivity index (χ3n) is 2.95. The predicted octanol–water partition coefficient (Wildman–Crippen LogP) is 0.417.